The van der Waals surface area contributed by atoms with E-state index in [1.807, 2.05) is 4.90 Å². The fourth-order valence-electron chi connectivity index (χ4n) is 2.94. The molecule has 1 amide bonds. The highest BCUT2D eigenvalue weighted by molar-refractivity contribution is 5.68. The molecule has 0 atom stereocenters. The Kier molecular flexibility index (Phi) is 4.46. The first kappa shape index (κ1) is 12.5. The van der Waals surface area contributed by atoms with E-state index in [1.54, 1.807) is 6.08 Å². The maximum atomic E-state index is 12.1. The third kappa shape index (κ3) is 3.24. The maximum Gasteiger partial charge on any atom is 0.410 e. The number of carbonyl (C=O) groups is 1. The van der Waals surface area contributed by atoms with Crippen LogP contribution in [0.1, 0.15) is 51.4 Å². The molecule has 0 N–H and O–H groups in total. The molecule has 0 bridgehead atoms. The van der Waals surface area contributed by atoms with Crippen molar-refractivity contribution >= 4 is 6.09 Å². The van der Waals surface area contributed by atoms with Crippen molar-refractivity contribution in [3.8, 4) is 0 Å². The lowest BCUT2D eigenvalue weighted by atomic mass is 10.2. The van der Waals surface area contributed by atoms with Gasteiger partial charge < -0.3 is 9.64 Å². The van der Waals surface area contributed by atoms with Gasteiger partial charge in [0.25, 0.3) is 0 Å². The number of nitrogens with zero attached hydrogens (tertiary/aromatic N) is 1. The third-order valence-electron chi connectivity index (χ3n) is 3.90. The van der Waals surface area contributed by atoms with Gasteiger partial charge in [-0.25, -0.2) is 4.79 Å². The van der Waals surface area contributed by atoms with E-state index in [1.165, 1.54) is 25.7 Å². The van der Waals surface area contributed by atoms with E-state index in [9.17, 15) is 4.79 Å². The second-order valence-corrected chi connectivity index (χ2v) is 5.17. The molecule has 0 unspecified atom stereocenters. The highest BCUT2D eigenvalue weighted by Crippen LogP contribution is 2.26. The van der Waals surface area contributed by atoms with Gasteiger partial charge in [0.15, 0.2) is 0 Å². The van der Waals surface area contributed by atoms with Gasteiger partial charge in [-0.15, -0.1) is 6.58 Å². The van der Waals surface area contributed by atoms with Gasteiger partial charge in [-0.05, 0) is 38.5 Å². The molecular weight excluding hydrogens is 214 g/mol. The summed E-state index contributed by atoms with van der Waals surface area (Å²) in [4.78, 5) is 14.0. The molecule has 2 aliphatic rings. The van der Waals surface area contributed by atoms with Crippen LogP contribution >= 0.6 is 0 Å². The minimum Gasteiger partial charge on any atom is -0.446 e. The van der Waals surface area contributed by atoms with Crippen LogP contribution in [0.3, 0.4) is 0 Å². The van der Waals surface area contributed by atoms with Crippen LogP contribution in [0.25, 0.3) is 0 Å². The SMILES string of the molecule is C=CCN(C(=O)OC1CCCC1)C1CCCC1. The second-order valence-electron chi connectivity index (χ2n) is 5.17. The minimum atomic E-state index is -0.122. The Morgan fingerprint density at radius 3 is 2.35 bits per heavy atom. The maximum absolute atomic E-state index is 12.1. The molecule has 2 aliphatic carbocycles. The topological polar surface area (TPSA) is 29.5 Å². The number of hydrogen-bond donors (Lipinski definition) is 0. The number of amides is 1. The van der Waals surface area contributed by atoms with Gasteiger partial charge in [0, 0.05) is 12.6 Å². The van der Waals surface area contributed by atoms with Crippen molar-refractivity contribution in [3.05, 3.63) is 12.7 Å². The van der Waals surface area contributed by atoms with Crippen molar-refractivity contribution in [1.29, 1.82) is 0 Å². The Labute approximate surface area is 104 Å². The van der Waals surface area contributed by atoms with E-state index in [0.717, 1.165) is 25.7 Å². The molecule has 96 valence electrons. The van der Waals surface area contributed by atoms with Crippen LogP contribution < -0.4 is 0 Å². The molecule has 0 aromatic rings. The quantitative estimate of drug-likeness (QED) is 0.700. The molecule has 0 saturated heterocycles. The van der Waals surface area contributed by atoms with Gasteiger partial charge in [0.2, 0.25) is 0 Å². The van der Waals surface area contributed by atoms with Gasteiger partial charge in [-0.1, -0.05) is 18.9 Å². The number of hydrogen-bond acceptors (Lipinski definition) is 2. The summed E-state index contributed by atoms with van der Waals surface area (Å²) in [7, 11) is 0. The summed E-state index contributed by atoms with van der Waals surface area (Å²) >= 11 is 0. The Bertz CT molecular complexity index is 265. The zero-order chi connectivity index (χ0) is 12.1. The standard InChI is InChI=1S/C14H23NO2/c1-2-11-15(12-7-3-4-8-12)14(16)17-13-9-5-6-10-13/h2,12-13H,1,3-11H2. The molecule has 3 nitrogen and oxygen atoms in total. The molecule has 0 aromatic carbocycles. The average Bonchev–Trinajstić information content (AvgIpc) is 2.97. The monoisotopic (exact) mass is 237 g/mol. The van der Waals surface area contributed by atoms with Crippen molar-refractivity contribution in [2.24, 2.45) is 0 Å². The number of ether oxygens (including phenoxy) is 1. The minimum absolute atomic E-state index is 0.122. The molecule has 0 aromatic heterocycles. The summed E-state index contributed by atoms with van der Waals surface area (Å²) in [6.07, 6.45) is 11.0. The van der Waals surface area contributed by atoms with E-state index in [2.05, 4.69) is 6.58 Å². The lowest BCUT2D eigenvalue weighted by molar-refractivity contribution is 0.0574. The molecule has 2 fully saturated rings. The summed E-state index contributed by atoms with van der Waals surface area (Å²) in [5.41, 5.74) is 0. The lowest BCUT2D eigenvalue weighted by Gasteiger charge is -2.28. The van der Waals surface area contributed by atoms with E-state index in [-0.39, 0.29) is 12.2 Å². The predicted octanol–water partition coefficient (Wildman–Crippen LogP) is 3.50. The van der Waals surface area contributed by atoms with E-state index in [4.69, 9.17) is 4.74 Å². The first-order valence-corrected chi connectivity index (χ1v) is 6.89. The predicted molar refractivity (Wildman–Crippen MR) is 67.9 cm³/mol. The Balaban J connectivity index is 1.89. The van der Waals surface area contributed by atoms with E-state index >= 15 is 0 Å². The van der Waals surface area contributed by atoms with Crippen LogP contribution in [-0.4, -0.2) is 29.7 Å². The van der Waals surface area contributed by atoms with Crippen molar-refractivity contribution in [2.45, 2.75) is 63.5 Å². The fraction of sp³-hybridized carbons (Fsp3) is 0.786. The van der Waals surface area contributed by atoms with Crippen molar-refractivity contribution in [3.63, 3.8) is 0 Å². The van der Waals surface area contributed by atoms with Crippen LogP contribution in [0.15, 0.2) is 12.7 Å². The first-order chi connectivity index (χ1) is 8.31. The Morgan fingerprint density at radius 2 is 1.76 bits per heavy atom. The van der Waals surface area contributed by atoms with E-state index in [0.29, 0.717) is 12.6 Å². The highest BCUT2D eigenvalue weighted by atomic mass is 16.6. The van der Waals surface area contributed by atoms with Crippen LogP contribution in [0, 0.1) is 0 Å². The van der Waals surface area contributed by atoms with Crippen LogP contribution in [0.2, 0.25) is 0 Å². The van der Waals surface area contributed by atoms with Crippen LogP contribution in [0.5, 0.6) is 0 Å². The summed E-state index contributed by atoms with van der Waals surface area (Å²) in [5.74, 6) is 0. The zero-order valence-electron chi connectivity index (χ0n) is 10.6. The zero-order valence-corrected chi connectivity index (χ0v) is 10.6. The van der Waals surface area contributed by atoms with Gasteiger partial charge in [-0.2, -0.15) is 0 Å². The molecule has 17 heavy (non-hydrogen) atoms. The summed E-state index contributed by atoms with van der Waals surface area (Å²) in [5, 5.41) is 0. The lowest BCUT2D eigenvalue weighted by Crippen LogP contribution is -2.40. The molecule has 3 heteroatoms. The van der Waals surface area contributed by atoms with Crippen molar-refractivity contribution < 1.29 is 9.53 Å². The molecular formula is C14H23NO2. The number of carbonyl (C=O) groups excluding carboxylic acids is 1. The Hall–Kier alpha value is -0.990. The second kappa shape index (κ2) is 6.08. The number of rotatable bonds is 4. The van der Waals surface area contributed by atoms with Crippen LogP contribution in [0.4, 0.5) is 4.79 Å². The molecule has 0 spiro atoms. The van der Waals surface area contributed by atoms with Gasteiger partial charge in [0.05, 0.1) is 0 Å². The van der Waals surface area contributed by atoms with Crippen molar-refractivity contribution in [2.75, 3.05) is 6.54 Å². The fourth-order valence-corrected chi connectivity index (χ4v) is 2.94. The smallest absolute Gasteiger partial charge is 0.410 e. The average molecular weight is 237 g/mol. The van der Waals surface area contributed by atoms with Crippen LogP contribution in [-0.2, 0) is 4.74 Å². The summed E-state index contributed by atoms with van der Waals surface area (Å²) < 4.78 is 5.58. The first-order valence-electron chi connectivity index (χ1n) is 6.89. The molecule has 2 saturated carbocycles. The molecule has 2 rings (SSSR count). The van der Waals surface area contributed by atoms with E-state index < -0.39 is 0 Å². The Morgan fingerprint density at radius 1 is 1.18 bits per heavy atom. The van der Waals surface area contributed by atoms with Gasteiger partial charge in [0.1, 0.15) is 6.10 Å². The summed E-state index contributed by atoms with van der Waals surface area (Å²) in [6, 6.07) is 0.377. The molecule has 0 heterocycles. The molecule has 0 radical (unpaired) electrons. The summed E-state index contributed by atoms with van der Waals surface area (Å²) in [6.45, 7) is 4.36. The third-order valence-corrected chi connectivity index (χ3v) is 3.90. The largest absolute Gasteiger partial charge is 0.446 e. The van der Waals surface area contributed by atoms with Crippen molar-refractivity contribution in [1.82, 2.24) is 4.90 Å². The molecule has 0 aliphatic heterocycles. The van der Waals surface area contributed by atoms with Gasteiger partial charge >= 0.3 is 6.09 Å². The highest BCUT2D eigenvalue weighted by Gasteiger charge is 2.29. The van der Waals surface area contributed by atoms with Gasteiger partial charge in [-0.3, -0.25) is 0 Å². The normalized spacial score (nSPS) is 21.6.